The van der Waals surface area contributed by atoms with E-state index >= 15 is 0 Å². The number of carbonyl (C=O) groups is 4. The first-order chi connectivity index (χ1) is 15.4. The largest absolute Gasteiger partial charge is 0.347 e. The van der Waals surface area contributed by atoms with Crippen LogP contribution < -0.4 is 5.32 Å². The highest BCUT2D eigenvalue weighted by Crippen LogP contribution is 2.61. The van der Waals surface area contributed by atoms with Gasteiger partial charge in [-0.1, -0.05) is 0 Å². The van der Waals surface area contributed by atoms with Gasteiger partial charge in [-0.25, -0.2) is 0 Å². The molecule has 2 aliphatic heterocycles. The predicted octanol–water partition coefficient (Wildman–Crippen LogP) is 1.00. The fourth-order valence-electron chi connectivity index (χ4n) is 7.55. The van der Waals surface area contributed by atoms with E-state index in [1.807, 2.05) is 0 Å². The van der Waals surface area contributed by atoms with Gasteiger partial charge >= 0.3 is 11.8 Å². The number of likely N-dealkylation sites (tertiary alicyclic amines) is 1. The number of nitrogens with one attached hydrogen (secondary N) is 1. The van der Waals surface area contributed by atoms with Crippen LogP contribution in [0.15, 0.2) is 0 Å². The monoisotopic (exact) mass is 444 g/mol. The average Bonchev–Trinajstić information content (AvgIpc) is 3.30. The standard InChI is InChI=1S/C24H36N4O4/c29-20(15-24-12-17-9-18(13-24)11-19(10-17)14-24)25-16-21(30)26-5-7-28(8-6-26)23(32)22(31)27-3-1-2-4-27/h17-19H,1-16H2,(H,25,29). The molecule has 4 amide bonds. The Labute approximate surface area is 190 Å². The predicted molar refractivity (Wildman–Crippen MR) is 117 cm³/mol. The molecule has 2 heterocycles. The Kier molecular flexibility index (Phi) is 5.88. The van der Waals surface area contributed by atoms with Crippen LogP contribution in [0.3, 0.4) is 0 Å². The molecule has 6 fully saturated rings. The van der Waals surface area contributed by atoms with Gasteiger partial charge < -0.3 is 20.0 Å². The average molecular weight is 445 g/mol. The molecule has 8 nitrogen and oxygen atoms in total. The Morgan fingerprint density at radius 2 is 1.16 bits per heavy atom. The van der Waals surface area contributed by atoms with Crippen molar-refractivity contribution in [2.75, 3.05) is 45.8 Å². The maximum atomic E-state index is 12.7. The number of hydrogen-bond donors (Lipinski definition) is 1. The van der Waals surface area contributed by atoms with Crippen molar-refractivity contribution in [3.8, 4) is 0 Å². The first-order valence-electron chi connectivity index (χ1n) is 12.5. The van der Waals surface area contributed by atoms with E-state index in [0.717, 1.165) is 30.6 Å². The molecule has 0 aromatic heterocycles. The van der Waals surface area contributed by atoms with Gasteiger partial charge in [-0.3, -0.25) is 19.2 Å². The molecule has 0 aromatic rings. The summed E-state index contributed by atoms with van der Waals surface area (Å²) in [6.45, 7) is 2.88. The van der Waals surface area contributed by atoms with E-state index in [9.17, 15) is 19.2 Å². The summed E-state index contributed by atoms with van der Waals surface area (Å²) in [4.78, 5) is 54.9. The summed E-state index contributed by atoms with van der Waals surface area (Å²) in [5.41, 5.74) is 0.176. The van der Waals surface area contributed by atoms with Crippen LogP contribution in [0, 0.1) is 23.2 Å². The molecular formula is C24H36N4O4. The van der Waals surface area contributed by atoms with E-state index in [1.165, 1.54) is 38.5 Å². The highest BCUT2D eigenvalue weighted by Gasteiger charge is 2.51. The third-order valence-electron chi connectivity index (χ3n) is 8.63. The van der Waals surface area contributed by atoms with E-state index in [2.05, 4.69) is 5.32 Å². The molecule has 176 valence electrons. The lowest BCUT2D eigenvalue weighted by atomic mass is 9.49. The van der Waals surface area contributed by atoms with Crippen LogP contribution in [0.1, 0.15) is 57.8 Å². The Balaban J connectivity index is 1.05. The van der Waals surface area contributed by atoms with Crippen molar-refractivity contribution in [2.24, 2.45) is 23.2 Å². The minimum absolute atomic E-state index is 0.00493. The first kappa shape index (κ1) is 21.7. The fourth-order valence-corrected chi connectivity index (χ4v) is 7.55. The molecule has 0 unspecified atom stereocenters. The normalized spacial score (nSPS) is 33.5. The summed E-state index contributed by atoms with van der Waals surface area (Å²) in [7, 11) is 0. The van der Waals surface area contributed by atoms with Crippen LogP contribution in [-0.4, -0.2) is 84.1 Å². The molecule has 1 N–H and O–H groups in total. The van der Waals surface area contributed by atoms with Crippen molar-refractivity contribution in [3.05, 3.63) is 0 Å². The minimum Gasteiger partial charge on any atom is -0.347 e. The Bertz CT molecular complexity index is 748. The molecule has 2 saturated heterocycles. The number of rotatable bonds is 4. The third kappa shape index (κ3) is 4.37. The lowest BCUT2D eigenvalue weighted by molar-refractivity contribution is -0.153. The Morgan fingerprint density at radius 3 is 1.69 bits per heavy atom. The summed E-state index contributed by atoms with van der Waals surface area (Å²) in [6, 6.07) is 0. The van der Waals surface area contributed by atoms with Gasteiger partial charge in [0.1, 0.15) is 0 Å². The first-order valence-corrected chi connectivity index (χ1v) is 12.5. The van der Waals surface area contributed by atoms with Crippen molar-refractivity contribution in [3.63, 3.8) is 0 Å². The summed E-state index contributed by atoms with van der Waals surface area (Å²) in [6.07, 6.45) is 10.1. The van der Waals surface area contributed by atoms with Gasteiger partial charge in [-0.2, -0.15) is 0 Å². The molecule has 0 spiro atoms. The maximum Gasteiger partial charge on any atom is 0.312 e. The molecule has 4 bridgehead atoms. The van der Waals surface area contributed by atoms with Crippen molar-refractivity contribution < 1.29 is 19.2 Å². The van der Waals surface area contributed by atoms with E-state index in [-0.39, 0.29) is 23.8 Å². The number of hydrogen-bond acceptors (Lipinski definition) is 4. The van der Waals surface area contributed by atoms with Gasteiger partial charge in [0.2, 0.25) is 11.8 Å². The lowest BCUT2D eigenvalue weighted by Gasteiger charge is -2.56. The van der Waals surface area contributed by atoms with Crippen molar-refractivity contribution in [1.82, 2.24) is 20.0 Å². The van der Waals surface area contributed by atoms with Crippen LogP contribution in [0.25, 0.3) is 0 Å². The Hall–Kier alpha value is -2.12. The van der Waals surface area contributed by atoms with Gasteiger partial charge in [0, 0.05) is 45.7 Å². The van der Waals surface area contributed by atoms with Crippen LogP contribution in [0.4, 0.5) is 0 Å². The third-order valence-corrected chi connectivity index (χ3v) is 8.63. The zero-order valence-corrected chi connectivity index (χ0v) is 19.0. The van der Waals surface area contributed by atoms with Crippen molar-refractivity contribution in [2.45, 2.75) is 57.8 Å². The zero-order valence-electron chi connectivity index (χ0n) is 19.0. The molecule has 6 rings (SSSR count). The summed E-state index contributed by atoms with van der Waals surface area (Å²) in [5.74, 6) is 1.46. The maximum absolute atomic E-state index is 12.7. The molecular weight excluding hydrogens is 408 g/mol. The molecule has 0 radical (unpaired) electrons. The van der Waals surface area contributed by atoms with Crippen LogP contribution >= 0.6 is 0 Å². The molecule has 8 heteroatoms. The van der Waals surface area contributed by atoms with Gasteiger partial charge in [0.15, 0.2) is 0 Å². The number of carbonyl (C=O) groups excluding carboxylic acids is 4. The molecule has 0 atom stereocenters. The molecule has 32 heavy (non-hydrogen) atoms. The van der Waals surface area contributed by atoms with Crippen molar-refractivity contribution in [1.29, 1.82) is 0 Å². The summed E-state index contributed by atoms with van der Waals surface area (Å²) >= 11 is 0. The second kappa shape index (κ2) is 8.67. The minimum atomic E-state index is -0.456. The molecule has 6 aliphatic rings. The molecule has 0 aromatic carbocycles. The summed E-state index contributed by atoms with van der Waals surface area (Å²) in [5, 5.41) is 2.87. The molecule has 4 aliphatic carbocycles. The topological polar surface area (TPSA) is 90.0 Å². The quantitative estimate of drug-likeness (QED) is 0.655. The second-order valence-corrected chi connectivity index (χ2v) is 11.0. The molecule has 4 saturated carbocycles. The van der Waals surface area contributed by atoms with E-state index in [0.29, 0.717) is 45.7 Å². The highest BCUT2D eigenvalue weighted by atomic mass is 16.2. The zero-order chi connectivity index (χ0) is 22.3. The highest BCUT2D eigenvalue weighted by molar-refractivity contribution is 6.35. The van der Waals surface area contributed by atoms with Gasteiger partial charge in [0.05, 0.1) is 6.54 Å². The van der Waals surface area contributed by atoms with Gasteiger partial charge in [-0.05, 0) is 74.5 Å². The van der Waals surface area contributed by atoms with Crippen LogP contribution in [0.5, 0.6) is 0 Å². The number of amides is 4. The van der Waals surface area contributed by atoms with E-state index in [4.69, 9.17) is 0 Å². The lowest BCUT2D eigenvalue weighted by Crippen LogP contribution is -2.55. The fraction of sp³-hybridized carbons (Fsp3) is 0.833. The number of nitrogens with zero attached hydrogens (tertiary/aromatic N) is 3. The SMILES string of the molecule is O=C(CC12CC3CC(CC(C3)C1)C2)NCC(=O)N1CCN(C(=O)C(=O)N2CCCC2)CC1. The van der Waals surface area contributed by atoms with Crippen molar-refractivity contribution >= 4 is 23.6 Å². The van der Waals surface area contributed by atoms with Gasteiger partial charge in [0.25, 0.3) is 0 Å². The van der Waals surface area contributed by atoms with E-state index < -0.39 is 11.8 Å². The smallest absolute Gasteiger partial charge is 0.312 e. The van der Waals surface area contributed by atoms with Gasteiger partial charge in [-0.15, -0.1) is 0 Å². The summed E-state index contributed by atoms with van der Waals surface area (Å²) < 4.78 is 0. The number of piperazine rings is 1. The van der Waals surface area contributed by atoms with E-state index in [1.54, 1.807) is 14.7 Å². The second-order valence-electron chi connectivity index (χ2n) is 11.0. The Morgan fingerprint density at radius 1 is 0.688 bits per heavy atom. The van der Waals surface area contributed by atoms with Crippen LogP contribution in [0.2, 0.25) is 0 Å². The van der Waals surface area contributed by atoms with Crippen LogP contribution in [-0.2, 0) is 19.2 Å².